The molecule has 0 radical (unpaired) electrons. The van der Waals surface area contributed by atoms with Crippen molar-refractivity contribution in [3.05, 3.63) is 35.1 Å². The SMILES string of the molecule is CNC(C)c1ccc(F)c(F)c1F. The normalized spacial score (nSPS) is 13.0. The monoisotopic (exact) mass is 189 g/mol. The van der Waals surface area contributed by atoms with Crippen LogP contribution in [0.3, 0.4) is 0 Å². The summed E-state index contributed by atoms with van der Waals surface area (Å²) in [5.74, 6) is -3.70. The Kier molecular flexibility index (Phi) is 2.93. The summed E-state index contributed by atoms with van der Waals surface area (Å²) in [5, 5.41) is 2.74. The van der Waals surface area contributed by atoms with Crippen molar-refractivity contribution in [1.29, 1.82) is 0 Å². The highest BCUT2D eigenvalue weighted by Gasteiger charge is 2.16. The first kappa shape index (κ1) is 10.1. The van der Waals surface area contributed by atoms with E-state index in [1.807, 2.05) is 0 Å². The predicted molar refractivity (Wildman–Crippen MR) is 43.8 cm³/mol. The molecule has 0 spiro atoms. The van der Waals surface area contributed by atoms with Crippen molar-refractivity contribution in [1.82, 2.24) is 5.32 Å². The van der Waals surface area contributed by atoms with Gasteiger partial charge >= 0.3 is 0 Å². The second kappa shape index (κ2) is 3.79. The minimum absolute atomic E-state index is 0.126. The van der Waals surface area contributed by atoms with E-state index >= 15 is 0 Å². The first-order valence-corrected chi connectivity index (χ1v) is 3.88. The Balaban J connectivity index is 3.18. The number of halogens is 3. The van der Waals surface area contributed by atoms with Crippen LogP contribution in [0, 0.1) is 17.5 Å². The topological polar surface area (TPSA) is 12.0 Å². The Morgan fingerprint density at radius 1 is 1.15 bits per heavy atom. The van der Waals surface area contributed by atoms with E-state index < -0.39 is 17.5 Å². The standard InChI is InChI=1S/C9H10F3N/c1-5(13-2)6-3-4-7(10)9(12)8(6)11/h3-5,13H,1-2H3. The summed E-state index contributed by atoms with van der Waals surface area (Å²) < 4.78 is 38.2. The molecule has 0 heterocycles. The molecule has 0 aliphatic heterocycles. The van der Waals surface area contributed by atoms with Crippen LogP contribution in [-0.4, -0.2) is 7.05 Å². The molecule has 72 valence electrons. The van der Waals surface area contributed by atoms with Gasteiger partial charge in [-0.3, -0.25) is 0 Å². The largest absolute Gasteiger partial charge is 0.313 e. The van der Waals surface area contributed by atoms with Crippen LogP contribution in [0.4, 0.5) is 13.2 Å². The molecule has 0 amide bonds. The molecule has 1 N–H and O–H groups in total. The van der Waals surface area contributed by atoms with E-state index in [1.165, 1.54) is 6.07 Å². The lowest BCUT2D eigenvalue weighted by molar-refractivity contribution is 0.432. The minimum atomic E-state index is -1.42. The van der Waals surface area contributed by atoms with E-state index in [4.69, 9.17) is 0 Å². The Morgan fingerprint density at radius 2 is 1.77 bits per heavy atom. The van der Waals surface area contributed by atoms with Gasteiger partial charge in [0, 0.05) is 11.6 Å². The molecule has 13 heavy (non-hydrogen) atoms. The zero-order chi connectivity index (χ0) is 10.0. The average molecular weight is 189 g/mol. The fourth-order valence-electron chi connectivity index (χ4n) is 1.03. The minimum Gasteiger partial charge on any atom is -0.313 e. The molecular weight excluding hydrogens is 179 g/mol. The van der Waals surface area contributed by atoms with Gasteiger partial charge in [0.15, 0.2) is 17.5 Å². The van der Waals surface area contributed by atoms with Crippen molar-refractivity contribution in [3.63, 3.8) is 0 Å². The molecule has 0 aromatic heterocycles. The van der Waals surface area contributed by atoms with Crippen LogP contribution < -0.4 is 5.32 Å². The molecule has 0 saturated carbocycles. The first-order chi connectivity index (χ1) is 6.07. The van der Waals surface area contributed by atoms with Crippen molar-refractivity contribution in [2.45, 2.75) is 13.0 Å². The first-order valence-electron chi connectivity index (χ1n) is 3.88. The van der Waals surface area contributed by atoms with Crippen molar-refractivity contribution < 1.29 is 13.2 Å². The molecule has 0 aliphatic rings. The Morgan fingerprint density at radius 3 is 2.31 bits per heavy atom. The van der Waals surface area contributed by atoms with Crippen molar-refractivity contribution in [2.75, 3.05) is 7.05 Å². The van der Waals surface area contributed by atoms with Crippen molar-refractivity contribution in [2.24, 2.45) is 0 Å². The molecule has 0 bridgehead atoms. The molecule has 0 saturated heterocycles. The molecule has 4 heteroatoms. The van der Waals surface area contributed by atoms with E-state index in [0.29, 0.717) is 0 Å². The highest BCUT2D eigenvalue weighted by Crippen LogP contribution is 2.20. The van der Waals surface area contributed by atoms with Gasteiger partial charge in [-0.2, -0.15) is 0 Å². The molecule has 1 unspecified atom stereocenters. The maximum atomic E-state index is 13.0. The third-order valence-electron chi connectivity index (χ3n) is 1.96. The van der Waals surface area contributed by atoms with Gasteiger partial charge in [0.25, 0.3) is 0 Å². The average Bonchev–Trinajstić information content (AvgIpc) is 2.13. The van der Waals surface area contributed by atoms with E-state index in [-0.39, 0.29) is 11.6 Å². The molecule has 1 rings (SSSR count). The summed E-state index contributed by atoms with van der Waals surface area (Å²) in [6.07, 6.45) is 0. The molecule has 1 aromatic carbocycles. The van der Waals surface area contributed by atoms with E-state index in [9.17, 15) is 13.2 Å². The van der Waals surface area contributed by atoms with E-state index in [2.05, 4.69) is 5.32 Å². The lowest BCUT2D eigenvalue weighted by Crippen LogP contribution is -2.15. The summed E-state index contributed by atoms with van der Waals surface area (Å²) in [6.45, 7) is 1.66. The third kappa shape index (κ3) is 1.83. The van der Waals surface area contributed by atoms with Crippen molar-refractivity contribution >= 4 is 0 Å². The van der Waals surface area contributed by atoms with Crippen LogP contribution in [0.15, 0.2) is 12.1 Å². The summed E-state index contributed by atoms with van der Waals surface area (Å²) in [7, 11) is 1.62. The second-order valence-corrected chi connectivity index (χ2v) is 2.77. The number of benzene rings is 1. The van der Waals surface area contributed by atoms with Gasteiger partial charge in [-0.1, -0.05) is 6.07 Å². The molecule has 0 fully saturated rings. The zero-order valence-corrected chi connectivity index (χ0v) is 7.37. The van der Waals surface area contributed by atoms with Crippen LogP contribution in [0.5, 0.6) is 0 Å². The summed E-state index contributed by atoms with van der Waals surface area (Å²) in [5.41, 5.74) is 0.126. The number of hydrogen-bond donors (Lipinski definition) is 1. The van der Waals surface area contributed by atoms with Gasteiger partial charge in [0.2, 0.25) is 0 Å². The molecule has 1 aromatic rings. The molecule has 0 aliphatic carbocycles. The van der Waals surface area contributed by atoms with Crippen LogP contribution in [-0.2, 0) is 0 Å². The fourth-order valence-corrected chi connectivity index (χ4v) is 1.03. The van der Waals surface area contributed by atoms with E-state index in [1.54, 1.807) is 14.0 Å². The maximum Gasteiger partial charge on any atom is 0.194 e. The summed E-state index contributed by atoms with van der Waals surface area (Å²) in [6, 6.07) is 1.81. The Bertz CT molecular complexity index is 312. The fraction of sp³-hybridized carbons (Fsp3) is 0.333. The highest BCUT2D eigenvalue weighted by molar-refractivity contribution is 5.22. The quantitative estimate of drug-likeness (QED) is 0.704. The lowest BCUT2D eigenvalue weighted by atomic mass is 10.1. The van der Waals surface area contributed by atoms with Crippen molar-refractivity contribution in [3.8, 4) is 0 Å². The van der Waals surface area contributed by atoms with Crippen LogP contribution >= 0.6 is 0 Å². The molecular formula is C9H10F3N. The lowest BCUT2D eigenvalue weighted by Gasteiger charge is -2.11. The van der Waals surface area contributed by atoms with E-state index in [0.717, 1.165) is 6.07 Å². The predicted octanol–water partition coefficient (Wildman–Crippen LogP) is 2.38. The van der Waals surface area contributed by atoms with Gasteiger partial charge < -0.3 is 5.32 Å². The number of nitrogens with one attached hydrogen (secondary N) is 1. The number of hydrogen-bond acceptors (Lipinski definition) is 1. The molecule has 1 atom stereocenters. The second-order valence-electron chi connectivity index (χ2n) is 2.77. The Labute approximate surface area is 74.6 Å². The maximum absolute atomic E-state index is 13.0. The van der Waals surface area contributed by atoms with Crippen LogP contribution in [0.25, 0.3) is 0 Å². The molecule has 1 nitrogen and oxygen atoms in total. The van der Waals surface area contributed by atoms with Gasteiger partial charge in [0.05, 0.1) is 0 Å². The Hall–Kier alpha value is -1.03. The van der Waals surface area contributed by atoms with Gasteiger partial charge in [-0.05, 0) is 20.0 Å². The summed E-state index contributed by atoms with van der Waals surface area (Å²) in [4.78, 5) is 0. The number of rotatable bonds is 2. The zero-order valence-electron chi connectivity index (χ0n) is 7.37. The van der Waals surface area contributed by atoms with Gasteiger partial charge in [-0.25, -0.2) is 13.2 Å². The summed E-state index contributed by atoms with van der Waals surface area (Å²) >= 11 is 0. The smallest absolute Gasteiger partial charge is 0.194 e. The van der Waals surface area contributed by atoms with Gasteiger partial charge in [-0.15, -0.1) is 0 Å². The van der Waals surface area contributed by atoms with Crippen LogP contribution in [0.1, 0.15) is 18.5 Å². The van der Waals surface area contributed by atoms with Crippen LogP contribution in [0.2, 0.25) is 0 Å². The van der Waals surface area contributed by atoms with Gasteiger partial charge in [0.1, 0.15) is 0 Å². The third-order valence-corrected chi connectivity index (χ3v) is 1.96. The highest BCUT2D eigenvalue weighted by atomic mass is 19.2.